The molecule has 1 aromatic heterocycles. The maximum atomic E-state index is 12.7. The minimum atomic E-state index is 0.386. The molecule has 1 nitrogen and oxygen atoms in total. The standard InChI is InChI=1S/C34H62OS/c1-4-6-8-10-12-14-16-17-19-20-22-24-26-28-32(35)34-30-31(3)33(36-34)29-27-25-23-21-18-15-13-11-9-7-5-2/h30H,4-29H2,1-3H3. The van der Waals surface area contributed by atoms with Gasteiger partial charge >= 0.3 is 0 Å². The number of hydrogen-bond donors (Lipinski definition) is 0. The molecule has 0 atom stereocenters. The van der Waals surface area contributed by atoms with Gasteiger partial charge in [-0.25, -0.2) is 0 Å². The van der Waals surface area contributed by atoms with E-state index in [-0.39, 0.29) is 0 Å². The summed E-state index contributed by atoms with van der Waals surface area (Å²) in [6, 6.07) is 2.17. The first kappa shape index (κ1) is 33.4. The Kier molecular flexibility index (Phi) is 22.9. The third-order valence-corrected chi connectivity index (χ3v) is 9.15. The highest BCUT2D eigenvalue weighted by Gasteiger charge is 2.12. The van der Waals surface area contributed by atoms with Gasteiger partial charge in [-0.15, -0.1) is 11.3 Å². The third-order valence-electron chi connectivity index (χ3n) is 7.81. The summed E-state index contributed by atoms with van der Waals surface area (Å²) >= 11 is 1.78. The first-order valence-corrected chi connectivity index (χ1v) is 17.1. The lowest BCUT2D eigenvalue weighted by atomic mass is 10.0. The molecule has 0 spiro atoms. The molecular weight excluding hydrogens is 456 g/mol. The van der Waals surface area contributed by atoms with E-state index < -0.39 is 0 Å². The van der Waals surface area contributed by atoms with Gasteiger partial charge in [-0.05, 0) is 37.8 Å². The van der Waals surface area contributed by atoms with E-state index in [1.807, 2.05) is 0 Å². The molecule has 0 aromatic carbocycles. The Morgan fingerprint density at radius 1 is 0.556 bits per heavy atom. The van der Waals surface area contributed by atoms with Crippen molar-refractivity contribution in [2.45, 2.75) is 188 Å². The van der Waals surface area contributed by atoms with Crippen molar-refractivity contribution in [3.63, 3.8) is 0 Å². The van der Waals surface area contributed by atoms with Crippen LogP contribution in [-0.2, 0) is 6.42 Å². The molecule has 0 aliphatic heterocycles. The molecule has 0 N–H and O–H groups in total. The summed E-state index contributed by atoms with van der Waals surface area (Å²) < 4.78 is 0. The Bertz CT molecular complexity index is 617. The molecule has 0 saturated carbocycles. The van der Waals surface area contributed by atoms with Crippen molar-refractivity contribution in [1.29, 1.82) is 0 Å². The van der Waals surface area contributed by atoms with Crippen LogP contribution in [0.5, 0.6) is 0 Å². The average Bonchev–Trinajstić information content (AvgIpc) is 3.25. The van der Waals surface area contributed by atoms with Gasteiger partial charge in [0.15, 0.2) is 5.78 Å². The lowest BCUT2D eigenvalue weighted by Crippen LogP contribution is -1.95. The van der Waals surface area contributed by atoms with Crippen molar-refractivity contribution >= 4 is 17.1 Å². The Morgan fingerprint density at radius 3 is 1.33 bits per heavy atom. The second kappa shape index (κ2) is 24.7. The van der Waals surface area contributed by atoms with Crippen LogP contribution in [0.15, 0.2) is 6.07 Å². The largest absolute Gasteiger partial charge is 0.293 e. The lowest BCUT2D eigenvalue weighted by Gasteiger charge is -2.03. The average molecular weight is 519 g/mol. The number of thiophene rings is 1. The Morgan fingerprint density at radius 2 is 0.917 bits per heavy atom. The number of unbranched alkanes of at least 4 members (excludes halogenated alkanes) is 22. The number of hydrogen-bond acceptors (Lipinski definition) is 2. The van der Waals surface area contributed by atoms with Crippen molar-refractivity contribution < 1.29 is 4.79 Å². The summed E-state index contributed by atoms with van der Waals surface area (Å²) in [5.74, 6) is 0.386. The van der Waals surface area contributed by atoms with Crippen LogP contribution in [0.25, 0.3) is 0 Å². The summed E-state index contributed by atoms with van der Waals surface area (Å²) in [7, 11) is 0. The highest BCUT2D eigenvalue weighted by atomic mass is 32.1. The van der Waals surface area contributed by atoms with Gasteiger partial charge < -0.3 is 0 Å². The molecule has 1 aromatic rings. The maximum Gasteiger partial charge on any atom is 0.172 e. The summed E-state index contributed by atoms with van der Waals surface area (Å²) in [6.07, 6.45) is 34.9. The molecule has 0 aliphatic rings. The number of rotatable bonds is 27. The SMILES string of the molecule is CCCCCCCCCCCCCCCC(=O)c1cc(C)c(CCCCCCCCCCCCC)s1. The van der Waals surface area contributed by atoms with Gasteiger partial charge in [-0.2, -0.15) is 0 Å². The van der Waals surface area contributed by atoms with Crippen LogP contribution in [0.1, 0.15) is 194 Å². The third kappa shape index (κ3) is 18.6. The van der Waals surface area contributed by atoms with Crippen LogP contribution in [0.3, 0.4) is 0 Å². The molecule has 1 rings (SSSR count). The van der Waals surface area contributed by atoms with E-state index >= 15 is 0 Å². The fourth-order valence-electron chi connectivity index (χ4n) is 5.28. The van der Waals surface area contributed by atoms with Gasteiger partial charge in [0.2, 0.25) is 0 Å². The molecule has 0 radical (unpaired) electrons. The van der Waals surface area contributed by atoms with Crippen LogP contribution in [0.2, 0.25) is 0 Å². The fraction of sp³-hybridized carbons (Fsp3) is 0.853. The number of aryl methyl sites for hydroxylation is 2. The highest BCUT2D eigenvalue weighted by Crippen LogP contribution is 2.26. The summed E-state index contributed by atoms with van der Waals surface area (Å²) in [5.41, 5.74) is 1.35. The van der Waals surface area contributed by atoms with Gasteiger partial charge in [-0.3, -0.25) is 4.79 Å². The summed E-state index contributed by atoms with van der Waals surface area (Å²) in [6.45, 7) is 6.78. The maximum absolute atomic E-state index is 12.7. The zero-order chi connectivity index (χ0) is 26.1. The minimum Gasteiger partial charge on any atom is -0.293 e. The van der Waals surface area contributed by atoms with E-state index in [4.69, 9.17) is 0 Å². The predicted molar refractivity (Wildman–Crippen MR) is 164 cm³/mol. The second-order valence-electron chi connectivity index (χ2n) is 11.4. The van der Waals surface area contributed by atoms with Crippen molar-refractivity contribution in [1.82, 2.24) is 0 Å². The van der Waals surface area contributed by atoms with Crippen LogP contribution in [0, 0.1) is 6.92 Å². The molecule has 0 unspecified atom stereocenters. The minimum absolute atomic E-state index is 0.386. The molecule has 36 heavy (non-hydrogen) atoms. The number of Topliss-reactive ketones (excluding diaryl/α,β-unsaturated/α-hetero) is 1. The van der Waals surface area contributed by atoms with Gasteiger partial charge in [0.05, 0.1) is 4.88 Å². The Labute approximate surface area is 230 Å². The van der Waals surface area contributed by atoms with E-state index in [1.54, 1.807) is 11.3 Å². The lowest BCUT2D eigenvalue weighted by molar-refractivity contribution is 0.0983. The van der Waals surface area contributed by atoms with Gasteiger partial charge in [0.25, 0.3) is 0 Å². The molecular formula is C34H62OS. The van der Waals surface area contributed by atoms with Crippen molar-refractivity contribution in [3.8, 4) is 0 Å². The van der Waals surface area contributed by atoms with Gasteiger partial charge in [-0.1, -0.05) is 155 Å². The van der Waals surface area contributed by atoms with E-state index in [0.717, 1.165) is 17.7 Å². The van der Waals surface area contributed by atoms with Crippen LogP contribution < -0.4 is 0 Å². The number of carbonyl (C=O) groups excluding carboxylic acids is 1. The highest BCUT2D eigenvalue weighted by molar-refractivity contribution is 7.14. The normalized spacial score (nSPS) is 11.4. The fourth-order valence-corrected chi connectivity index (χ4v) is 6.47. The first-order valence-electron chi connectivity index (χ1n) is 16.3. The van der Waals surface area contributed by atoms with Crippen LogP contribution in [0.4, 0.5) is 0 Å². The molecule has 1 heterocycles. The quantitative estimate of drug-likeness (QED) is 0.0835. The Balaban J connectivity index is 1.99. The molecule has 0 fully saturated rings. The molecule has 210 valence electrons. The van der Waals surface area contributed by atoms with E-state index in [1.165, 1.54) is 165 Å². The Hall–Kier alpha value is -0.630. The van der Waals surface area contributed by atoms with E-state index in [9.17, 15) is 4.79 Å². The van der Waals surface area contributed by atoms with Crippen LogP contribution >= 0.6 is 11.3 Å². The van der Waals surface area contributed by atoms with Crippen molar-refractivity contribution in [2.24, 2.45) is 0 Å². The van der Waals surface area contributed by atoms with E-state index in [0.29, 0.717) is 5.78 Å². The summed E-state index contributed by atoms with van der Waals surface area (Å²) in [4.78, 5) is 15.2. The smallest absolute Gasteiger partial charge is 0.172 e. The van der Waals surface area contributed by atoms with E-state index in [2.05, 4.69) is 26.8 Å². The molecule has 0 amide bonds. The molecule has 0 saturated heterocycles. The number of ketones is 1. The zero-order valence-electron chi connectivity index (χ0n) is 24.8. The van der Waals surface area contributed by atoms with Crippen molar-refractivity contribution in [3.05, 3.63) is 21.4 Å². The predicted octanol–water partition coefficient (Wildman–Crippen LogP) is 12.6. The zero-order valence-corrected chi connectivity index (χ0v) is 25.6. The van der Waals surface area contributed by atoms with Gasteiger partial charge in [0, 0.05) is 11.3 Å². The molecule has 2 heteroatoms. The molecule has 0 bridgehead atoms. The summed E-state index contributed by atoms with van der Waals surface area (Å²) in [5, 5.41) is 0. The monoisotopic (exact) mass is 518 g/mol. The second-order valence-corrected chi connectivity index (χ2v) is 12.6. The first-order chi connectivity index (χ1) is 17.7. The van der Waals surface area contributed by atoms with Crippen LogP contribution in [-0.4, -0.2) is 5.78 Å². The number of carbonyl (C=O) groups is 1. The van der Waals surface area contributed by atoms with Gasteiger partial charge in [0.1, 0.15) is 0 Å². The van der Waals surface area contributed by atoms with Crippen molar-refractivity contribution in [2.75, 3.05) is 0 Å². The topological polar surface area (TPSA) is 17.1 Å². The molecule has 0 aliphatic carbocycles.